The van der Waals surface area contributed by atoms with E-state index in [9.17, 15) is 4.79 Å². The van der Waals surface area contributed by atoms with Crippen molar-refractivity contribution >= 4 is 29.2 Å². The molecule has 7 nitrogen and oxygen atoms in total. The fourth-order valence-corrected chi connectivity index (χ4v) is 2.11. The first-order chi connectivity index (χ1) is 12.2. The standard InChI is InChI=1S/C18H17N5O2/c19-17-20-11-10-16(23-17)21-14-6-8-15(9-7-14)22-18(24)25-12-13-4-2-1-3-5-13/h1-11H,12H2,(H,22,24)(H3,19,20,21,23). The van der Waals surface area contributed by atoms with Crippen LogP contribution in [0.2, 0.25) is 0 Å². The number of nitrogen functional groups attached to an aromatic ring is 1. The molecule has 0 aliphatic rings. The normalized spacial score (nSPS) is 10.1. The Morgan fingerprint density at radius 3 is 2.44 bits per heavy atom. The van der Waals surface area contributed by atoms with Crippen LogP contribution in [0.15, 0.2) is 66.9 Å². The predicted octanol–water partition coefficient (Wildman–Crippen LogP) is 3.55. The molecule has 126 valence electrons. The number of aromatic nitrogens is 2. The molecule has 0 radical (unpaired) electrons. The van der Waals surface area contributed by atoms with Gasteiger partial charge in [-0.2, -0.15) is 4.98 Å². The Bertz CT molecular complexity index is 838. The molecule has 4 N–H and O–H groups in total. The summed E-state index contributed by atoms with van der Waals surface area (Å²) in [6.07, 6.45) is 1.07. The maximum atomic E-state index is 11.8. The van der Waals surface area contributed by atoms with Gasteiger partial charge in [-0.15, -0.1) is 0 Å². The van der Waals surface area contributed by atoms with Crippen LogP contribution in [0.4, 0.5) is 27.9 Å². The van der Waals surface area contributed by atoms with Crippen molar-refractivity contribution in [1.29, 1.82) is 0 Å². The van der Waals surface area contributed by atoms with Crippen molar-refractivity contribution in [2.45, 2.75) is 6.61 Å². The van der Waals surface area contributed by atoms with Gasteiger partial charge in [-0.05, 0) is 35.9 Å². The summed E-state index contributed by atoms with van der Waals surface area (Å²) in [5.74, 6) is 0.792. The number of amides is 1. The maximum Gasteiger partial charge on any atom is 0.411 e. The summed E-state index contributed by atoms with van der Waals surface area (Å²) >= 11 is 0. The molecule has 7 heteroatoms. The third kappa shape index (κ3) is 4.93. The van der Waals surface area contributed by atoms with Gasteiger partial charge in [0.25, 0.3) is 0 Å². The quantitative estimate of drug-likeness (QED) is 0.659. The molecule has 25 heavy (non-hydrogen) atoms. The van der Waals surface area contributed by atoms with Gasteiger partial charge in [0.1, 0.15) is 12.4 Å². The van der Waals surface area contributed by atoms with Crippen LogP contribution in [0.1, 0.15) is 5.56 Å². The average Bonchev–Trinajstić information content (AvgIpc) is 2.63. The number of carbonyl (C=O) groups is 1. The lowest BCUT2D eigenvalue weighted by molar-refractivity contribution is 0.155. The highest BCUT2D eigenvalue weighted by Crippen LogP contribution is 2.18. The number of carbonyl (C=O) groups excluding carboxylic acids is 1. The molecule has 0 fully saturated rings. The van der Waals surface area contributed by atoms with Gasteiger partial charge in [0.2, 0.25) is 5.95 Å². The van der Waals surface area contributed by atoms with E-state index < -0.39 is 6.09 Å². The fraction of sp³-hybridized carbons (Fsp3) is 0.0556. The molecule has 0 aliphatic carbocycles. The molecule has 3 rings (SSSR count). The van der Waals surface area contributed by atoms with Gasteiger partial charge in [-0.1, -0.05) is 30.3 Å². The molecule has 0 atom stereocenters. The minimum atomic E-state index is -0.506. The van der Waals surface area contributed by atoms with Gasteiger partial charge in [0, 0.05) is 17.6 Å². The summed E-state index contributed by atoms with van der Waals surface area (Å²) in [7, 11) is 0. The first-order valence-electron chi connectivity index (χ1n) is 7.62. The number of nitrogens with one attached hydrogen (secondary N) is 2. The summed E-state index contributed by atoms with van der Waals surface area (Å²) in [6.45, 7) is 0.224. The number of ether oxygens (including phenoxy) is 1. The molecule has 0 aliphatic heterocycles. The van der Waals surface area contributed by atoms with Gasteiger partial charge in [-0.3, -0.25) is 5.32 Å². The van der Waals surface area contributed by atoms with Crippen LogP contribution in [0.25, 0.3) is 0 Å². The summed E-state index contributed by atoms with van der Waals surface area (Å²) in [6, 6.07) is 18.4. The Labute approximate surface area is 144 Å². The summed E-state index contributed by atoms with van der Waals surface area (Å²) in [4.78, 5) is 19.7. The van der Waals surface area contributed by atoms with Gasteiger partial charge in [0.15, 0.2) is 0 Å². The molecule has 0 spiro atoms. The molecule has 0 saturated carbocycles. The van der Waals surface area contributed by atoms with E-state index in [1.807, 2.05) is 42.5 Å². The smallest absolute Gasteiger partial charge is 0.411 e. The minimum absolute atomic E-state index is 0.199. The van der Waals surface area contributed by atoms with Crippen LogP contribution in [-0.4, -0.2) is 16.1 Å². The van der Waals surface area contributed by atoms with Crippen molar-refractivity contribution in [2.75, 3.05) is 16.4 Å². The molecule has 0 bridgehead atoms. The molecule has 0 unspecified atom stereocenters. The monoisotopic (exact) mass is 335 g/mol. The number of nitrogens with zero attached hydrogens (tertiary/aromatic N) is 2. The van der Waals surface area contributed by atoms with Crippen LogP contribution in [0.3, 0.4) is 0 Å². The lowest BCUT2D eigenvalue weighted by Crippen LogP contribution is -2.13. The maximum absolute atomic E-state index is 11.8. The first kappa shape index (κ1) is 16.3. The number of hydrogen-bond donors (Lipinski definition) is 3. The van der Waals surface area contributed by atoms with Crippen LogP contribution >= 0.6 is 0 Å². The van der Waals surface area contributed by atoms with E-state index >= 15 is 0 Å². The lowest BCUT2D eigenvalue weighted by atomic mass is 10.2. The fourth-order valence-electron chi connectivity index (χ4n) is 2.11. The predicted molar refractivity (Wildman–Crippen MR) is 96.4 cm³/mol. The SMILES string of the molecule is Nc1nccc(Nc2ccc(NC(=O)OCc3ccccc3)cc2)n1. The van der Waals surface area contributed by atoms with Crippen molar-refractivity contribution in [2.24, 2.45) is 0 Å². The third-order valence-corrected chi connectivity index (χ3v) is 3.29. The summed E-state index contributed by atoms with van der Waals surface area (Å²) in [5, 5.41) is 5.77. The Kier molecular flexibility index (Phi) is 5.06. The highest BCUT2D eigenvalue weighted by molar-refractivity contribution is 5.84. The molecule has 1 amide bonds. The number of nitrogens with two attached hydrogens (primary N) is 1. The van der Waals surface area contributed by atoms with Crippen molar-refractivity contribution in [3.8, 4) is 0 Å². The zero-order valence-electron chi connectivity index (χ0n) is 13.3. The lowest BCUT2D eigenvalue weighted by Gasteiger charge is -2.09. The van der Waals surface area contributed by atoms with Crippen LogP contribution in [-0.2, 0) is 11.3 Å². The van der Waals surface area contributed by atoms with E-state index in [-0.39, 0.29) is 12.6 Å². The van der Waals surface area contributed by atoms with E-state index in [2.05, 4.69) is 20.6 Å². The molecule has 0 saturated heterocycles. The molecular weight excluding hydrogens is 318 g/mol. The van der Waals surface area contributed by atoms with Crippen LogP contribution in [0, 0.1) is 0 Å². The second-order valence-electron chi connectivity index (χ2n) is 5.19. The Morgan fingerprint density at radius 1 is 1.00 bits per heavy atom. The van der Waals surface area contributed by atoms with Crippen molar-refractivity contribution in [3.63, 3.8) is 0 Å². The molecule has 1 aromatic heterocycles. The topological polar surface area (TPSA) is 102 Å². The molecule has 1 heterocycles. The Balaban J connectivity index is 1.52. The van der Waals surface area contributed by atoms with E-state index in [4.69, 9.17) is 10.5 Å². The highest BCUT2D eigenvalue weighted by Gasteiger charge is 2.04. The summed E-state index contributed by atoms with van der Waals surface area (Å²) in [5.41, 5.74) is 7.91. The van der Waals surface area contributed by atoms with Crippen molar-refractivity contribution in [3.05, 3.63) is 72.4 Å². The zero-order chi connectivity index (χ0) is 17.5. The van der Waals surface area contributed by atoms with Crippen molar-refractivity contribution in [1.82, 2.24) is 9.97 Å². The van der Waals surface area contributed by atoms with E-state index in [0.29, 0.717) is 11.5 Å². The van der Waals surface area contributed by atoms with Gasteiger partial charge >= 0.3 is 6.09 Å². The first-order valence-corrected chi connectivity index (χ1v) is 7.62. The number of rotatable bonds is 5. The third-order valence-electron chi connectivity index (χ3n) is 3.29. The van der Waals surface area contributed by atoms with E-state index in [1.54, 1.807) is 24.4 Å². The number of hydrogen-bond acceptors (Lipinski definition) is 6. The highest BCUT2D eigenvalue weighted by atomic mass is 16.5. The average molecular weight is 335 g/mol. The van der Waals surface area contributed by atoms with Gasteiger partial charge in [-0.25, -0.2) is 9.78 Å². The van der Waals surface area contributed by atoms with E-state index in [0.717, 1.165) is 11.3 Å². The van der Waals surface area contributed by atoms with Crippen LogP contribution in [0.5, 0.6) is 0 Å². The van der Waals surface area contributed by atoms with Gasteiger partial charge < -0.3 is 15.8 Å². The largest absolute Gasteiger partial charge is 0.444 e. The molecule has 3 aromatic rings. The van der Waals surface area contributed by atoms with E-state index in [1.165, 1.54) is 0 Å². The summed E-state index contributed by atoms with van der Waals surface area (Å²) < 4.78 is 5.17. The van der Waals surface area contributed by atoms with Crippen LogP contribution < -0.4 is 16.4 Å². The molecule has 2 aromatic carbocycles. The second-order valence-corrected chi connectivity index (χ2v) is 5.19. The number of benzene rings is 2. The number of anilines is 4. The van der Waals surface area contributed by atoms with Crippen molar-refractivity contribution < 1.29 is 9.53 Å². The van der Waals surface area contributed by atoms with Gasteiger partial charge in [0.05, 0.1) is 0 Å². The Hall–Kier alpha value is -3.61. The Morgan fingerprint density at radius 2 is 1.72 bits per heavy atom. The second kappa shape index (κ2) is 7.78. The minimum Gasteiger partial charge on any atom is -0.444 e. The zero-order valence-corrected chi connectivity index (χ0v) is 13.3. The molecular formula is C18H17N5O2.